The van der Waals surface area contributed by atoms with Gasteiger partial charge in [-0.15, -0.1) is 0 Å². The van der Waals surface area contributed by atoms with Gasteiger partial charge in [-0.05, 0) is 5.56 Å². The van der Waals surface area contributed by atoms with Crippen molar-refractivity contribution in [1.29, 1.82) is 0 Å². The zero-order valence-electron chi connectivity index (χ0n) is 15.3. The van der Waals surface area contributed by atoms with Gasteiger partial charge in [0.2, 0.25) is 34.8 Å². The second-order valence-electron chi connectivity index (χ2n) is 6.46. The van der Waals surface area contributed by atoms with E-state index in [1.54, 1.807) is 30.3 Å². The SMILES string of the molecule is C=C1C[C@@H](C(=O)Oc2c(F)c(F)c(F)c(F)c2F)N(C(=O)OCc2ccccc2)C1. The topological polar surface area (TPSA) is 55.8 Å². The van der Waals surface area contributed by atoms with E-state index >= 15 is 0 Å². The number of halogens is 5. The Balaban J connectivity index is 1.76. The van der Waals surface area contributed by atoms with Gasteiger partial charge in [0.1, 0.15) is 12.6 Å². The largest absolute Gasteiger partial charge is 0.445 e. The van der Waals surface area contributed by atoms with E-state index in [9.17, 15) is 31.5 Å². The minimum Gasteiger partial charge on any atom is -0.445 e. The van der Waals surface area contributed by atoms with Crippen molar-refractivity contribution < 1.29 is 41.0 Å². The van der Waals surface area contributed by atoms with Gasteiger partial charge < -0.3 is 9.47 Å². The summed E-state index contributed by atoms with van der Waals surface area (Å²) < 4.78 is 76.8. The van der Waals surface area contributed by atoms with Crippen LogP contribution in [-0.2, 0) is 16.1 Å². The molecule has 1 fully saturated rings. The highest BCUT2D eigenvalue weighted by Crippen LogP contribution is 2.31. The van der Waals surface area contributed by atoms with Gasteiger partial charge in [-0.3, -0.25) is 4.90 Å². The fourth-order valence-electron chi connectivity index (χ4n) is 2.85. The van der Waals surface area contributed by atoms with Gasteiger partial charge in [-0.25, -0.2) is 22.8 Å². The smallest absolute Gasteiger partial charge is 0.411 e. The van der Waals surface area contributed by atoms with Crippen LogP contribution in [-0.4, -0.2) is 29.5 Å². The summed E-state index contributed by atoms with van der Waals surface area (Å²) in [6, 6.07) is 7.21. The average molecular weight is 427 g/mol. The molecule has 158 valence electrons. The Morgan fingerprint density at radius 1 is 0.967 bits per heavy atom. The van der Waals surface area contributed by atoms with Crippen LogP contribution >= 0.6 is 0 Å². The highest BCUT2D eigenvalue weighted by Gasteiger charge is 2.40. The lowest BCUT2D eigenvalue weighted by molar-refractivity contribution is -0.139. The maximum atomic E-state index is 13.8. The lowest BCUT2D eigenvalue weighted by Gasteiger charge is -2.22. The first-order valence-corrected chi connectivity index (χ1v) is 8.57. The molecule has 2 aromatic rings. The minimum atomic E-state index is -2.38. The molecule has 1 heterocycles. The number of likely N-dealkylation sites (tertiary alicyclic amines) is 1. The third-order valence-corrected chi connectivity index (χ3v) is 4.34. The van der Waals surface area contributed by atoms with Crippen LogP contribution in [0, 0.1) is 29.1 Å². The van der Waals surface area contributed by atoms with Gasteiger partial charge in [0, 0.05) is 13.0 Å². The lowest BCUT2D eigenvalue weighted by Crippen LogP contribution is -2.42. The Morgan fingerprint density at radius 3 is 2.13 bits per heavy atom. The Bertz CT molecular complexity index is 983. The number of carbonyl (C=O) groups is 2. The van der Waals surface area contributed by atoms with E-state index < -0.39 is 52.9 Å². The molecule has 0 unspecified atom stereocenters. The third kappa shape index (κ3) is 4.12. The molecule has 1 atom stereocenters. The van der Waals surface area contributed by atoms with Crippen LogP contribution < -0.4 is 4.74 Å². The minimum absolute atomic E-state index is 0.107. The lowest BCUT2D eigenvalue weighted by atomic mass is 10.2. The van der Waals surface area contributed by atoms with E-state index in [-0.39, 0.29) is 19.6 Å². The summed E-state index contributed by atoms with van der Waals surface area (Å²) in [5, 5.41) is 0. The van der Waals surface area contributed by atoms with Crippen LogP contribution in [0.4, 0.5) is 26.7 Å². The van der Waals surface area contributed by atoms with Crippen molar-refractivity contribution in [3.8, 4) is 5.75 Å². The summed E-state index contributed by atoms with van der Waals surface area (Å²) in [7, 11) is 0. The van der Waals surface area contributed by atoms with Crippen molar-refractivity contribution in [2.24, 2.45) is 0 Å². The van der Waals surface area contributed by atoms with Crippen molar-refractivity contribution in [3.05, 3.63) is 77.1 Å². The fraction of sp³-hybridized carbons (Fsp3) is 0.200. The van der Waals surface area contributed by atoms with E-state index in [4.69, 9.17) is 4.74 Å². The molecule has 5 nitrogen and oxygen atoms in total. The zero-order valence-corrected chi connectivity index (χ0v) is 15.3. The second-order valence-corrected chi connectivity index (χ2v) is 6.46. The first-order chi connectivity index (χ1) is 14.2. The molecule has 1 amide bonds. The first-order valence-electron chi connectivity index (χ1n) is 8.57. The highest BCUT2D eigenvalue weighted by molar-refractivity contribution is 5.84. The zero-order chi connectivity index (χ0) is 22.0. The van der Waals surface area contributed by atoms with Crippen molar-refractivity contribution in [3.63, 3.8) is 0 Å². The van der Waals surface area contributed by atoms with Gasteiger partial charge in [0.25, 0.3) is 0 Å². The van der Waals surface area contributed by atoms with Gasteiger partial charge in [-0.2, -0.15) is 8.78 Å². The molecule has 30 heavy (non-hydrogen) atoms. The monoisotopic (exact) mass is 427 g/mol. The van der Waals surface area contributed by atoms with Gasteiger partial charge >= 0.3 is 12.1 Å². The maximum Gasteiger partial charge on any atom is 0.411 e. The highest BCUT2D eigenvalue weighted by atomic mass is 19.2. The summed E-state index contributed by atoms with van der Waals surface area (Å²) in [5.41, 5.74) is 1.08. The number of amides is 1. The Hall–Kier alpha value is -3.43. The van der Waals surface area contributed by atoms with E-state index in [0.717, 1.165) is 4.90 Å². The summed E-state index contributed by atoms with van der Waals surface area (Å²) in [4.78, 5) is 25.6. The second kappa shape index (κ2) is 8.52. The maximum absolute atomic E-state index is 13.8. The average Bonchev–Trinajstić information content (AvgIpc) is 3.14. The number of benzene rings is 2. The van der Waals surface area contributed by atoms with Crippen molar-refractivity contribution >= 4 is 12.1 Å². The van der Waals surface area contributed by atoms with E-state index in [1.807, 2.05) is 0 Å². The van der Waals surface area contributed by atoms with Crippen LogP contribution in [0.1, 0.15) is 12.0 Å². The molecule has 0 spiro atoms. The molecule has 0 aliphatic carbocycles. The van der Waals surface area contributed by atoms with Crippen LogP contribution in [0.25, 0.3) is 0 Å². The van der Waals surface area contributed by atoms with Gasteiger partial charge in [-0.1, -0.05) is 42.5 Å². The molecule has 0 saturated carbocycles. The van der Waals surface area contributed by atoms with E-state index in [1.165, 1.54) is 0 Å². The van der Waals surface area contributed by atoms with Crippen LogP contribution in [0.2, 0.25) is 0 Å². The van der Waals surface area contributed by atoms with Crippen molar-refractivity contribution in [2.75, 3.05) is 6.54 Å². The first kappa shape index (κ1) is 21.3. The standard InChI is InChI=1S/C20H14F5NO4/c1-10-7-12(26(8-10)20(28)29-9-11-5-3-2-4-6-11)19(27)30-18-16(24)14(22)13(21)15(23)17(18)25/h2-6,12H,1,7-9H2/t12-/m0/s1. The van der Waals surface area contributed by atoms with Crippen molar-refractivity contribution in [1.82, 2.24) is 4.90 Å². The van der Waals surface area contributed by atoms with Gasteiger partial charge in [0.15, 0.2) is 0 Å². The summed E-state index contributed by atoms with van der Waals surface area (Å²) in [6.45, 7) is 3.43. The predicted octanol–water partition coefficient (Wildman–Crippen LogP) is 4.25. The molecule has 0 N–H and O–H groups in total. The number of ether oxygens (including phenoxy) is 2. The summed E-state index contributed by atoms with van der Waals surface area (Å²) in [6.07, 6.45) is -1.06. The van der Waals surface area contributed by atoms with Gasteiger partial charge in [0.05, 0.1) is 0 Å². The number of rotatable bonds is 4. The molecule has 10 heteroatoms. The number of carbonyl (C=O) groups excluding carboxylic acids is 2. The number of hydrogen-bond donors (Lipinski definition) is 0. The predicted molar refractivity (Wildman–Crippen MR) is 92.7 cm³/mol. The van der Waals surface area contributed by atoms with Crippen LogP contribution in [0.15, 0.2) is 42.5 Å². The molecule has 3 rings (SSSR count). The molecule has 0 bridgehead atoms. The Labute approximate surface area is 167 Å². The Kier molecular flexibility index (Phi) is 6.04. The van der Waals surface area contributed by atoms with Crippen LogP contribution in [0.3, 0.4) is 0 Å². The van der Waals surface area contributed by atoms with E-state index in [0.29, 0.717) is 11.1 Å². The number of esters is 1. The van der Waals surface area contributed by atoms with Crippen LogP contribution in [0.5, 0.6) is 5.75 Å². The normalized spacial score (nSPS) is 16.0. The molecule has 1 aliphatic heterocycles. The molecule has 1 saturated heterocycles. The van der Waals surface area contributed by atoms with Crippen molar-refractivity contribution in [2.45, 2.75) is 19.1 Å². The molecule has 2 aromatic carbocycles. The molecular weight excluding hydrogens is 413 g/mol. The number of hydrogen-bond acceptors (Lipinski definition) is 4. The molecule has 1 aliphatic rings. The summed E-state index contributed by atoms with van der Waals surface area (Å²) >= 11 is 0. The Morgan fingerprint density at radius 2 is 1.53 bits per heavy atom. The molecule has 0 aromatic heterocycles. The number of nitrogens with zero attached hydrogens (tertiary/aromatic N) is 1. The summed E-state index contributed by atoms with van der Waals surface area (Å²) in [5.74, 6) is -14.6. The van der Waals surface area contributed by atoms with E-state index in [2.05, 4.69) is 11.3 Å². The quantitative estimate of drug-likeness (QED) is 0.183. The molecule has 0 radical (unpaired) electrons. The fourth-order valence-corrected chi connectivity index (χ4v) is 2.85. The third-order valence-electron chi connectivity index (χ3n) is 4.34. The molecular formula is C20H14F5NO4.